The molecule has 3 heterocycles. The third-order valence-electron chi connectivity index (χ3n) is 5.02. The number of benzene rings is 1. The van der Waals surface area contributed by atoms with Gasteiger partial charge in [-0.25, -0.2) is 4.98 Å². The van der Waals surface area contributed by atoms with Gasteiger partial charge in [0.2, 0.25) is 5.58 Å². The summed E-state index contributed by atoms with van der Waals surface area (Å²) in [6.45, 7) is 2.82. The first-order chi connectivity index (χ1) is 13.5. The molecule has 1 amide bonds. The third kappa shape index (κ3) is 3.49. The van der Waals surface area contributed by atoms with Gasteiger partial charge in [-0.15, -0.1) is 0 Å². The van der Waals surface area contributed by atoms with Gasteiger partial charge < -0.3 is 14.1 Å². The van der Waals surface area contributed by atoms with Crippen molar-refractivity contribution >= 4 is 33.9 Å². The molecule has 0 radical (unpaired) electrons. The molecule has 0 aliphatic carbocycles. The highest BCUT2D eigenvalue weighted by Gasteiger charge is 2.22. The first-order valence-corrected chi connectivity index (χ1v) is 9.33. The minimum atomic E-state index is -0.669. The van der Waals surface area contributed by atoms with E-state index in [1.807, 2.05) is 12.1 Å². The maximum atomic E-state index is 12.6. The Morgan fingerprint density at radius 1 is 1.32 bits per heavy atom. The summed E-state index contributed by atoms with van der Waals surface area (Å²) in [6.07, 6.45) is 3.35. The molecule has 0 saturated carbocycles. The highest BCUT2D eigenvalue weighted by molar-refractivity contribution is 6.01. The molecule has 1 unspecified atom stereocenters. The fraction of sp³-hybridized carbons (Fsp3) is 0.400. The van der Waals surface area contributed by atoms with E-state index in [1.54, 1.807) is 17.0 Å². The van der Waals surface area contributed by atoms with Crippen LogP contribution in [0.25, 0.3) is 22.1 Å². The molecule has 1 aliphatic heterocycles. The number of rotatable bonds is 4. The van der Waals surface area contributed by atoms with E-state index >= 15 is 0 Å². The summed E-state index contributed by atoms with van der Waals surface area (Å²) < 4.78 is 11.8. The molecule has 1 aliphatic rings. The molecule has 0 bridgehead atoms. The van der Waals surface area contributed by atoms with Gasteiger partial charge in [-0.2, -0.15) is 0 Å². The van der Waals surface area contributed by atoms with Gasteiger partial charge in [0.25, 0.3) is 11.5 Å². The lowest BCUT2D eigenvalue weighted by molar-refractivity contribution is -0.153. The molecule has 0 N–H and O–H groups in total. The van der Waals surface area contributed by atoms with Gasteiger partial charge in [0, 0.05) is 18.5 Å². The molecule has 1 fully saturated rings. The summed E-state index contributed by atoms with van der Waals surface area (Å²) in [5.74, 6) is -0.426. The fourth-order valence-corrected chi connectivity index (χ4v) is 3.56. The number of amides is 1. The lowest BCUT2D eigenvalue weighted by atomic mass is 10.0. The summed E-state index contributed by atoms with van der Waals surface area (Å²) in [6, 6.07) is 7.21. The highest BCUT2D eigenvalue weighted by atomic mass is 16.5. The molecule has 4 rings (SSSR count). The van der Waals surface area contributed by atoms with E-state index in [0.29, 0.717) is 30.1 Å². The average Bonchev–Trinajstić information content (AvgIpc) is 3.08. The first-order valence-electron chi connectivity index (χ1n) is 9.33. The lowest BCUT2D eigenvalue weighted by Crippen LogP contribution is -2.41. The van der Waals surface area contributed by atoms with Crippen LogP contribution in [0.2, 0.25) is 0 Å². The van der Waals surface area contributed by atoms with Crippen LogP contribution in [-0.4, -0.2) is 46.0 Å². The third-order valence-corrected chi connectivity index (χ3v) is 5.02. The van der Waals surface area contributed by atoms with Gasteiger partial charge in [0.1, 0.15) is 17.6 Å². The number of hydrogen-bond donors (Lipinski definition) is 0. The van der Waals surface area contributed by atoms with Crippen molar-refractivity contribution in [2.45, 2.75) is 26.3 Å². The molecule has 8 nitrogen and oxygen atoms in total. The number of esters is 1. The second-order valence-corrected chi connectivity index (χ2v) is 7.20. The van der Waals surface area contributed by atoms with Crippen LogP contribution in [0, 0.1) is 5.92 Å². The number of nitrogens with zero attached hydrogens (tertiary/aromatic N) is 3. The Labute approximate surface area is 160 Å². The van der Waals surface area contributed by atoms with Crippen LogP contribution in [0.1, 0.15) is 19.8 Å². The molecule has 146 valence electrons. The van der Waals surface area contributed by atoms with Crippen molar-refractivity contribution in [3.63, 3.8) is 0 Å². The van der Waals surface area contributed by atoms with E-state index in [-0.39, 0.29) is 24.6 Å². The topological polar surface area (TPSA) is 94.6 Å². The normalized spacial score (nSPS) is 17.2. The molecule has 1 saturated heterocycles. The van der Waals surface area contributed by atoms with Crippen LogP contribution in [0.15, 0.2) is 39.8 Å². The van der Waals surface area contributed by atoms with Crippen molar-refractivity contribution < 1.29 is 18.7 Å². The number of carbonyl (C=O) groups is 2. The average molecular weight is 383 g/mol. The maximum Gasteiger partial charge on any atom is 0.326 e. The summed E-state index contributed by atoms with van der Waals surface area (Å²) in [4.78, 5) is 42.9. The molecule has 0 spiro atoms. The smallest absolute Gasteiger partial charge is 0.326 e. The second-order valence-electron chi connectivity index (χ2n) is 7.20. The number of hydrogen-bond acceptors (Lipinski definition) is 6. The lowest BCUT2D eigenvalue weighted by Gasteiger charge is -2.30. The Balaban J connectivity index is 1.43. The first kappa shape index (κ1) is 18.2. The number of furan rings is 1. The summed E-state index contributed by atoms with van der Waals surface area (Å²) >= 11 is 0. The quantitative estimate of drug-likeness (QED) is 0.639. The Morgan fingerprint density at radius 2 is 2.14 bits per heavy atom. The number of likely N-dealkylation sites (tertiary alicyclic amines) is 1. The molecule has 1 atom stereocenters. The van der Waals surface area contributed by atoms with Gasteiger partial charge in [-0.05, 0) is 30.9 Å². The number of fused-ring (bicyclic) bond motifs is 3. The van der Waals surface area contributed by atoms with E-state index < -0.39 is 11.5 Å². The molecule has 3 aromatic rings. The summed E-state index contributed by atoms with van der Waals surface area (Å²) in [5, 5.41) is 0.741. The summed E-state index contributed by atoms with van der Waals surface area (Å²) in [5.41, 5.74) is 0.646. The standard InChI is InChI=1S/C20H21N3O5/c1-13-5-4-8-22(9-13)16(24)11-27-17(25)10-23-12-21-18-14-6-2-3-7-15(14)28-19(18)20(23)26/h2-3,6-7,12-13H,4-5,8-11H2,1H3. The Kier molecular flexibility index (Phi) is 4.85. The predicted molar refractivity (Wildman–Crippen MR) is 102 cm³/mol. The van der Waals surface area contributed by atoms with Gasteiger partial charge in [-0.1, -0.05) is 19.1 Å². The van der Waals surface area contributed by atoms with E-state index in [9.17, 15) is 14.4 Å². The highest BCUT2D eigenvalue weighted by Crippen LogP contribution is 2.24. The van der Waals surface area contributed by atoms with Gasteiger partial charge in [0.05, 0.1) is 6.33 Å². The van der Waals surface area contributed by atoms with Crippen LogP contribution >= 0.6 is 0 Å². The number of piperidine rings is 1. The SMILES string of the molecule is CC1CCCN(C(=O)COC(=O)Cn2cnc3c(oc4ccccc43)c2=O)C1. The van der Waals surface area contributed by atoms with E-state index in [2.05, 4.69) is 11.9 Å². The molecule has 28 heavy (non-hydrogen) atoms. The van der Waals surface area contributed by atoms with E-state index in [4.69, 9.17) is 9.15 Å². The minimum absolute atomic E-state index is 0.0925. The minimum Gasteiger partial charge on any atom is -0.454 e. The van der Waals surface area contributed by atoms with Crippen molar-refractivity contribution in [3.05, 3.63) is 40.9 Å². The Bertz CT molecular complexity index is 1100. The van der Waals surface area contributed by atoms with Crippen molar-refractivity contribution in [3.8, 4) is 0 Å². The van der Waals surface area contributed by atoms with Crippen molar-refractivity contribution in [1.29, 1.82) is 0 Å². The van der Waals surface area contributed by atoms with Crippen LogP contribution in [0.4, 0.5) is 0 Å². The zero-order valence-corrected chi connectivity index (χ0v) is 15.6. The number of aromatic nitrogens is 2. The van der Waals surface area contributed by atoms with Gasteiger partial charge in [0.15, 0.2) is 6.61 Å². The fourth-order valence-electron chi connectivity index (χ4n) is 3.56. The van der Waals surface area contributed by atoms with Crippen LogP contribution in [0.5, 0.6) is 0 Å². The Morgan fingerprint density at radius 3 is 2.96 bits per heavy atom. The number of para-hydroxylation sites is 1. The van der Waals surface area contributed by atoms with Crippen LogP contribution in [0.3, 0.4) is 0 Å². The maximum absolute atomic E-state index is 12.6. The molecular formula is C20H21N3O5. The molecule has 1 aromatic carbocycles. The van der Waals surface area contributed by atoms with Crippen LogP contribution < -0.4 is 5.56 Å². The number of carbonyl (C=O) groups excluding carboxylic acids is 2. The van der Waals surface area contributed by atoms with Gasteiger partial charge in [-0.3, -0.25) is 19.0 Å². The monoisotopic (exact) mass is 383 g/mol. The zero-order chi connectivity index (χ0) is 19.7. The summed E-state index contributed by atoms with van der Waals surface area (Å²) in [7, 11) is 0. The van der Waals surface area contributed by atoms with Gasteiger partial charge >= 0.3 is 5.97 Å². The van der Waals surface area contributed by atoms with E-state index in [1.165, 1.54) is 6.33 Å². The van der Waals surface area contributed by atoms with Crippen molar-refractivity contribution in [2.24, 2.45) is 5.92 Å². The van der Waals surface area contributed by atoms with Crippen LogP contribution in [-0.2, 0) is 20.9 Å². The molecular weight excluding hydrogens is 362 g/mol. The molecule has 8 heteroatoms. The zero-order valence-electron chi connectivity index (χ0n) is 15.6. The number of ether oxygens (including phenoxy) is 1. The van der Waals surface area contributed by atoms with Crippen molar-refractivity contribution in [2.75, 3.05) is 19.7 Å². The largest absolute Gasteiger partial charge is 0.454 e. The Hall–Kier alpha value is -3.16. The second kappa shape index (κ2) is 7.46. The van der Waals surface area contributed by atoms with Crippen molar-refractivity contribution in [1.82, 2.24) is 14.5 Å². The van der Waals surface area contributed by atoms with E-state index in [0.717, 1.165) is 22.8 Å². The molecule has 2 aromatic heterocycles. The predicted octanol–water partition coefficient (Wildman–Crippen LogP) is 1.94.